The highest BCUT2D eigenvalue weighted by Gasteiger charge is 2.08. The monoisotopic (exact) mass is 218 g/mol. The van der Waals surface area contributed by atoms with Gasteiger partial charge in [0, 0.05) is 19.2 Å². The van der Waals surface area contributed by atoms with Crippen LogP contribution >= 0.6 is 0 Å². The maximum Gasteiger partial charge on any atom is 0.246 e. The van der Waals surface area contributed by atoms with E-state index in [9.17, 15) is 4.79 Å². The summed E-state index contributed by atoms with van der Waals surface area (Å²) in [5, 5.41) is 2.80. The molecule has 3 N–H and O–H groups in total. The highest BCUT2D eigenvalue weighted by molar-refractivity contribution is 5.77. The van der Waals surface area contributed by atoms with E-state index in [1.807, 2.05) is 13.8 Å². The fourth-order valence-corrected chi connectivity index (χ4v) is 1.24. The number of ether oxygens (including phenoxy) is 2. The second kappa shape index (κ2) is 8.64. The Morgan fingerprint density at radius 3 is 2.60 bits per heavy atom. The van der Waals surface area contributed by atoms with Crippen LogP contribution in [-0.4, -0.2) is 44.9 Å². The molecular weight excluding hydrogens is 196 g/mol. The van der Waals surface area contributed by atoms with Gasteiger partial charge in [-0.1, -0.05) is 0 Å². The fourth-order valence-electron chi connectivity index (χ4n) is 1.24. The Bertz CT molecular complexity index is 174. The molecule has 0 fully saturated rings. The number of rotatable bonds is 8. The smallest absolute Gasteiger partial charge is 0.246 e. The zero-order chi connectivity index (χ0) is 11.7. The zero-order valence-electron chi connectivity index (χ0n) is 9.79. The van der Waals surface area contributed by atoms with Gasteiger partial charge < -0.3 is 20.5 Å². The molecule has 15 heavy (non-hydrogen) atoms. The molecule has 5 nitrogen and oxygen atoms in total. The average molecular weight is 218 g/mol. The number of methoxy groups -OCH3 is 1. The topological polar surface area (TPSA) is 73.6 Å². The number of amides is 1. The van der Waals surface area contributed by atoms with E-state index in [1.54, 1.807) is 7.11 Å². The van der Waals surface area contributed by atoms with Crippen LogP contribution in [0.4, 0.5) is 0 Å². The summed E-state index contributed by atoms with van der Waals surface area (Å²) >= 11 is 0. The van der Waals surface area contributed by atoms with Crippen molar-refractivity contribution in [2.24, 2.45) is 5.73 Å². The van der Waals surface area contributed by atoms with E-state index in [-0.39, 0.29) is 24.6 Å². The SMILES string of the molecule is COCCOCC(=O)NC(C)CC(C)N. The number of nitrogens with one attached hydrogen (secondary N) is 1. The van der Waals surface area contributed by atoms with E-state index >= 15 is 0 Å². The Kier molecular flexibility index (Phi) is 8.27. The summed E-state index contributed by atoms with van der Waals surface area (Å²) in [5.74, 6) is -0.112. The number of hydrogen-bond acceptors (Lipinski definition) is 4. The molecular formula is C10H22N2O3. The molecule has 0 saturated heterocycles. The van der Waals surface area contributed by atoms with E-state index in [4.69, 9.17) is 15.2 Å². The van der Waals surface area contributed by atoms with Crippen LogP contribution in [0.2, 0.25) is 0 Å². The van der Waals surface area contributed by atoms with Gasteiger partial charge in [0.25, 0.3) is 0 Å². The number of nitrogens with two attached hydrogens (primary N) is 1. The first kappa shape index (κ1) is 14.3. The van der Waals surface area contributed by atoms with E-state index in [2.05, 4.69) is 5.32 Å². The molecule has 0 aliphatic heterocycles. The number of carbonyl (C=O) groups excluding carboxylic acids is 1. The Balaban J connectivity index is 3.47. The summed E-state index contributed by atoms with van der Waals surface area (Å²) in [4.78, 5) is 11.3. The second-order valence-corrected chi connectivity index (χ2v) is 3.73. The first-order valence-electron chi connectivity index (χ1n) is 5.18. The first-order chi connectivity index (χ1) is 7.06. The lowest BCUT2D eigenvalue weighted by Crippen LogP contribution is -2.38. The van der Waals surface area contributed by atoms with E-state index < -0.39 is 0 Å². The maximum atomic E-state index is 11.3. The quantitative estimate of drug-likeness (QED) is 0.558. The third-order valence-corrected chi connectivity index (χ3v) is 1.80. The fraction of sp³-hybridized carbons (Fsp3) is 0.900. The molecule has 0 aromatic rings. The van der Waals surface area contributed by atoms with Gasteiger partial charge in [0.05, 0.1) is 13.2 Å². The van der Waals surface area contributed by atoms with Crippen LogP contribution in [-0.2, 0) is 14.3 Å². The van der Waals surface area contributed by atoms with E-state index in [1.165, 1.54) is 0 Å². The van der Waals surface area contributed by atoms with Gasteiger partial charge in [0.1, 0.15) is 6.61 Å². The van der Waals surface area contributed by atoms with Crippen LogP contribution in [0, 0.1) is 0 Å². The first-order valence-corrected chi connectivity index (χ1v) is 5.18. The molecule has 90 valence electrons. The lowest BCUT2D eigenvalue weighted by atomic mass is 10.1. The van der Waals surface area contributed by atoms with Crippen molar-refractivity contribution < 1.29 is 14.3 Å². The van der Waals surface area contributed by atoms with Crippen molar-refractivity contribution in [3.05, 3.63) is 0 Å². The summed E-state index contributed by atoms with van der Waals surface area (Å²) in [6, 6.07) is 0.179. The van der Waals surface area contributed by atoms with Crippen molar-refractivity contribution in [3.63, 3.8) is 0 Å². The summed E-state index contributed by atoms with van der Waals surface area (Å²) in [7, 11) is 1.59. The molecule has 0 heterocycles. The average Bonchev–Trinajstić information content (AvgIpc) is 2.10. The van der Waals surface area contributed by atoms with Gasteiger partial charge >= 0.3 is 0 Å². The van der Waals surface area contributed by atoms with Gasteiger partial charge in [-0.3, -0.25) is 4.79 Å². The van der Waals surface area contributed by atoms with Gasteiger partial charge in [-0.05, 0) is 20.3 Å². The van der Waals surface area contributed by atoms with Gasteiger partial charge in [0.2, 0.25) is 5.91 Å². The van der Waals surface area contributed by atoms with E-state index in [0.29, 0.717) is 13.2 Å². The van der Waals surface area contributed by atoms with Gasteiger partial charge in [0.15, 0.2) is 0 Å². The molecule has 0 rings (SSSR count). The van der Waals surface area contributed by atoms with Crippen LogP contribution in [0.3, 0.4) is 0 Å². The predicted octanol–water partition coefficient (Wildman–Crippen LogP) is -0.109. The summed E-state index contributed by atoms with van der Waals surface area (Å²) in [6.45, 7) is 4.86. The number of hydrogen-bond donors (Lipinski definition) is 2. The van der Waals surface area contributed by atoms with Crippen LogP contribution in [0.1, 0.15) is 20.3 Å². The molecule has 2 atom stereocenters. The molecule has 0 aromatic carbocycles. The van der Waals surface area contributed by atoms with Crippen LogP contribution in [0.15, 0.2) is 0 Å². The molecule has 0 spiro atoms. The van der Waals surface area contributed by atoms with Crippen molar-refractivity contribution in [1.29, 1.82) is 0 Å². The van der Waals surface area contributed by atoms with Gasteiger partial charge in [-0.2, -0.15) is 0 Å². The third kappa shape index (κ3) is 9.65. The Hall–Kier alpha value is -0.650. The minimum absolute atomic E-state index is 0.0760. The largest absolute Gasteiger partial charge is 0.382 e. The van der Waals surface area contributed by atoms with Crippen molar-refractivity contribution in [1.82, 2.24) is 5.32 Å². The van der Waals surface area contributed by atoms with Crippen molar-refractivity contribution in [3.8, 4) is 0 Å². The summed E-state index contributed by atoms with van der Waals surface area (Å²) in [6.07, 6.45) is 0.768. The Labute approximate surface area is 91.3 Å². The molecule has 2 unspecified atom stereocenters. The lowest BCUT2D eigenvalue weighted by Gasteiger charge is -2.15. The molecule has 0 bridgehead atoms. The predicted molar refractivity (Wildman–Crippen MR) is 58.6 cm³/mol. The Morgan fingerprint density at radius 1 is 1.40 bits per heavy atom. The highest BCUT2D eigenvalue weighted by Crippen LogP contribution is 1.94. The maximum absolute atomic E-state index is 11.3. The normalized spacial score (nSPS) is 14.7. The van der Waals surface area contributed by atoms with Crippen molar-refractivity contribution in [2.75, 3.05) is 26.9 Å². The molecule has 5 heteroatoms. The van der Waals surface area contributed by atoms with Crippen molar-refractivity contribution >= 4 is 5.91 Å². The molecule has 0 aliphatic rings. The van der Waals surface area contributed by atoms with Crippen LogP contribution in [0.25, 0.3) is 0 Å². The van der Waals surface area contributed by atoms with E-state index in [0.717, 1.165) is 6.42 Å². The minimum Gasteiger partial charge on any atom is -0.382 e. The molecule has 0 saturated carbocycles. The second-order valence-electron chi connectivity index (χ2n) is 3.73. The third-order valence-electron chi connectivity index (χ3n) is 1.80. The molecule has 0 aromatic heterocycles. The summed E-state index contributed by atoms with van der Waals surface area (Å²) < 4.78 is 9.86. The van der Waals surface area contributed by atoms with Crippen LogP contribution < -0.4 is 11.1 Å². The molecule has 0 aliphatic carbocycles. The van der Waals surface area contributed by atoms with Gasteiger partial charge in [-0.15, -0.1) is 0 Å². The Morgan fingerprint density at radius 2 is 2.07 bits per heavy atom. The minimum atomic E-state index is -0.112. The molecule has 1 amide bonds. The lowest BCUT2D eigenvalue weighted by molar-refractivity contribution is -0.126. The van der Waals surface area contributed by atoms with Crippen LogP contribution in [0.5, 0.6) is 0 Å². The highest BCUT2D eigenvalue weighted by atomic mass is 16.5. The van der Waals surface area contributed by atoms with Gasteiger partial charge in [-0.25, -0.2) is 0 Å². The molecule has 0 radical (unpaired) electrons. The summed E-state index contributed by atoms with van der Waals surface area (Å²) in [5.41, 5.74) is 5.61. The zero-order valence-corrected chi connectivity index (χ0v) is 9.79. The van der Waals surface area contributed by atoms with Crippen molar-refractivity contribution in [2.45, 2.75) is 32.4 Å². The standard InChI is InChI=1S/C10H22N2O3/c1-8(11)6-9(2)12-10(13)7-15-5-4-14-3/h8-9H,4-7,11H2,1-3H3,(H,12,13). The number of carbonyl (C=O) groups is 1.